The summed E-state index contributed by atoms with van der Waals surface area (Å²) in [6.45, 7) is 2.56. The molecule has 168 valence electrons. The largest absolute Gasteiger partial charge is 0.481 e. The number of fused-ring (bicyclic) bond motifs is 3. The van der Waals surface area contributed by atoms with Crippen molar-refractivity contribution in [3.63, 3.8) is 0 Å². The highest BCUT2D eigenvalue weighted by molar-refractivity contribution is 5.87. The second-order valence-corrected chi connectivity index (χ2v) is 7.73. The van der Waals surface area contributed by atoms with E-state index >= 15 is 0 Å². The number of ether oxygens (including phenoxy) is 1. The lowest BCUT2D eigenvalue weighted by molar-refractivity contribution is -0.138. The van der Waals surface area contributed by atoms with Crippen LogP contribution in [0.25, 0.3) is 11.1 Å². The van der Waals surface area contributed by atoms with Crippen LogP contribution in [0.3, 0.4) is 0 Å². The Morgan fingerprint density at radius 2 is 1.66 bits per heavy atom. The van der Waals surface area contributed by atoms with Gasteiger partial charge in [0, 0.05) is 31.5 Å². The molecule has 1 aliphatic carbocycles. The van der Waals surface area contributed by atoms with E-state index in [4.69, 9.17) is 9.84 Å². The standard InChI is InChI=1S/C25H28N2O5/c1-2-17(14-24(29)30)15-27-23(28)12-7-13-26-25(31)32-16-22-20-10-5-3-8-18(20)19-9-4-6-11-21(19)22/h3-12,17,22H,2,13-16H2,1H3,(H,26,31)(H,27,28)(H,29,30)/b12-7+. The minimum atomic E-state index is -0.881. The summed E-state index contributed by atoms with van der Waals surface area (Å²) < 4.78 is 5.44. The van der Waals surface area contributed by atoms with Crippen molar-refractivity contribution in [3.05, 3.63) is 71.8 Å². The van der Waals surface area contributed by atoms with Crippen molar-refractivity contribution >= 4 is 18.0 Å². The first-order valence-corrected chi connectivity index (χ1v) is 10.7. The summed E-state index contributed by atoms with van der Waals surface area (Å²) in [5.74, 6) is -1.33. The van der Waals surface area contributed by atoms with Crippen LogP contribution in [-0.2, 0) is 14.3 Å². The van der Waals surface area contributed by atoms with E-state index in [1.807, 2.05) is 31.2 Å². The fourth-order valence-corrected chi connectivity index (χ4v) is 3.87. The second kappa shape index (κ2) is 11.1. The number of carbonyl (C=O) groups excluding carboxylic acids is 2. The summed E-state index contributed by atoms with van der Waals surface area (Å²) in [6.07, 6.45) is 2.97. The highest BCUT2D eigenvalue weighted by atomic mass is 16.5. The maximum Gasteiger partial charge on any atom is 0.407 e. The Kier molecular flexibility index (Phi) is 8.02. The van der Waals surface area contributed by atoms with Gasteiger partial charge in [-0.15, -0.1) is 0 Å². The van der Waals surface area contributed by atoms with Crippen LogP contribution >= 0.6 is 0 Å². The van der Waals surface area contributed by atoms with Gasteiger partial charge in [0.2, 0.25) is 5.91 Å². The lowest BCUT2D eigenvalue weighted by atomic mass is 9.98. The molecular formula is C25H28N2O5. The zero-order chi connectivity index (χ0) is 22.9. The number of nitrogens with one attached hydrogen (secondary N) is 2. The molecular weight excluding hydrogens is 408 g/mol. The predicted octanol–water partition coefficient (Wildman–Crippen LogP) is 3.70. The number of carboxylic acids is 1. The maximum atomic E-state index is 12.1. The third-order valence-electron chi connectivity index (χ3n) is 5.58. The SMILES string of the molecule is CCC(CNC(=O)/C=C/CNC(=O)OCC1c2ccccc2-c2ccccc21)CC(=O)O. The smallest absolute Gasteiger partial charge is 0.407 e. The van der Waals surface area contributed by atoms with Crippen LogP contribution in [0.5, 0.6) is 0 Å². The molecule has 1 unspecified atom stereocenters. The molecule has 0 bridgehead atoms. The summed E-state index contributed by atoms with van der Waals surface area (Å²) in [5.41, 5.74) is 4.62. The van der Waals surface area contributed by atoms with E-state index in [0.29, 0.717) is 13.0 Å². The Bertz CT molecular complexity index is 956. The highest BCUT2D eigenvalue weighted by Crippen LogP contribution is 2.44. The van der Waals surface area contributed by atoms with Gasteiger partial charge in [0.25, 0.3) is 0 Å². The second-order valence-electron chi connectivity index (χ2n) is 7.73. The number of carbonyl (C=O) groups is 3. The average molecular weight is 437 g/mol. The Morgan fingerprint density at radius 1 is 1.03 bits per heavy atom. The first-order chi connectivity index (χ1) is 15.5. The van der Waals surface area contributed by atoms with Crippen LogP contribution in [0.4, 0.5) is 4.79 Å². The Balaban J connectivity index is 1.42. The number of amides is 2. The molecule has 2 amide bonds. The van der Waals surface area contributed by atoms with Gasteiger partial charge in [0.05, 0.1) is 0 Å². The number of hydrogen-bond acceptors (Lipinski definition) is 4. The van der Waals surface area contributed by atoms with Crippen molar-refractivity contribution in [2.24, 2.45) is 5.92 Å². The summed E-state index contributed by atoms with van der Waals surface area (Å²) >= 11 is 0. The monoisotopic (exact) mass is 436 g/mol. The highest BCUT2D eigenvalue weighted by Gasteiger charge is 2.28. The van der Waals surface area contributed by atoms with Gasteiger partial charge in [-0.3, -0.25) is 9.59 Å². The van der Waals surface area contributed by atoms with Gasteiger partial charge in [0.1, 0.15) is 6.61 Å². The third kappa shape index (κ3) is 5.97. The van der Waals surface area contributed by atoms with Gasteiger partial charge in [-0.05, 0) is 28.2 Å². The Labute approximate surface area is 187 Å². The molecule has 0 fully saturated rings. The number of aliphatic carboxylic acids is 1. The van der Waals surface area contributed by atoms with E-state index < -0.39 is 12.1 Å². The van der Waals surface area contributed by atoms with E-state index in [1.54, 1.807) is 0 Å². The molecule has 0 aromatic heterocycles. The molecule has 3 N–H and O–H groups in total. The van der Waals surface area contributed by atoms with Crippen molar-refractivity contribution in [3.8, 4) is 11.1 Å². The van der Waals surface area contributed by atoms with Crippen LogP contribution in [0.15, 0.2) is 60.7 Å². The first-order valence-electron chi connectivity index (χ1n) is 10.7. The predicted molar refractivity (Wildman–Crippen MR) is 121 cm³/mol. The lowest BCUT2D eigenvalue weighted by Gasteiger charge is -2.14. The summed E-state index contributed by atoms with van der Waals surface area (Å²) in [6, 6.07) is 16.2. The number of alkyl carbamates (subject to hydrolysis) is 1. The third-order valence-corrected chi connectivity index (χ3v) is 5.58. The summed E-state index contributed by atoms with van der Waals surface area (Å²) in [5, 5.41) is 14.1. The number of benzene rings is 2. The van der Waals surface area contributed by atoms with E-state index in [-0.39, 0.29) is 37.3 Å². The van der Waals surface area contributed by atoms with Crippen LogP contribution in [0, 0.1) is 5.92 Å². The van der Waals surface area contributed by atoms with Crippen molar-refractivity contribution in [2.45, 2.75) is 25.7 Å². The number of hydrogen-bond donors (Lipinski definition) is 3. The molecule has 1 atom stereocenters. The fraction of sp³-hybridized carbons (Fsp3) is 0.320. The average Bonchev–Trinajstić information content (AvgIpc) is 3.11. The van der Waals surface area contributed by atoms with Crippen LogP contribution < -0.4 is 10.6 Å². The summed E-state index contributed by atoms with van der Waals surface area (Å²) in [7, 11) is 0. The minimum absolute atomic E-state index is 0.00761. The van der Waals surface area contributed by atoms with Crippen LogP contribution in [0.2, 0.25) is 0 Å². The molecule has 0 aliphatic heterocycles. The Morgan fingerprint density at radius 3 is 2.25 bits per heavy atom. The van der Waals surface area contributed by atoms with Gasteiger partial charge < -0.3 is 20.5 Å². The fourth-order valence-electron chi connectivity index (χ4n) is 3.87. The van der Waals surface area contributed by atoms with Crippen LogP contribution in [0.1, 0.15) is 36.8 Å². The van der Waals surface area contributed by atoms with Gasteiger partial charge >= 0.3 is 12.1 Å². The maximum absolute atomic E-state index is 12.1. The normalized spacial score (nSPS) is 13.3. The minimum Gasteiger partial charge on any atom is -0.481 e. The van der Waals surface area contributed by atoms with Gasteiger partial charge in [-0.2, -0.15) is 0 Å². The molecule has 0 saturated carbocycles. The molecule has 32 heavy (non-hydrogen) atoms. The number of carboxylic acid groups (broad SMARTS) is 1. The quantitative estimate of drug-likeness (QED) is 0.493. The first kappa shape index (κ1) is 23.1. The molecule has 7 heteroatoms. The molecule has 3 rings (SSSR count). The lowest BCUT2D eigenvalue weighted by Crippen LogP contribution is -2.29. The van der Waals surface area contributed by atoms with Crippen LogP contribution in [-0.4, -0.2) is 42.8 Å². The van der Waals surface area contributed by atoms with Crippen molar-refractivity contribution in [2.75, 3.05) is 19.7 Å². The molecule has 0 heterocycles. The molecule has 1 aliphatic rings. The molecule has 0 spiro atoms. The zero-order valence-corrected chi connectivity index (χ0v) is 18.0. The number of rotatable bonds is 10. The van der Waals surface area contributed by atoms with E-state index in [2.05, 4.69) is 34.9 Å². The molecule has 7 nitrogen and oxygen atoms in total. The topological polar surface area (TPSA) is 105 Å². The van der Waals surface area contributed by atoms with E-state index in [0.717, 1.165) is 11.1 Å². The van der Waals surface area contributed by atoms with Gasteiger partial charge in [-0.1, -0.05) is 68.0 Å². The summed E-state index contributed by atoms with van der Waals surface area (Å²) in [4.78, 5) is 34.7. The molecule has 2 aromatic rings. The van der Waals surface area contributed by atoms with E-state index in [9.17, 15) is 14.4 Å². The zero-order valence-electron chi connectivity index (χ0n) is 18.0. The van der Waals surface area contributed by atoms with Crippen molar-refractivity contribution in [1.29, 1.82) is 0 Å². The molecule has 2 aromatic carbocycles. The molecule has 0 radical (unpaired) electrons. The Hall–Kier alpha value is -3.61. The van der Waals surface area contributed by atoms with Crippen molar-refractivity contribution in [1.82, 2.24) is 10.6 Å². The molecule has 0 saturated heterocycles. The van der Waals surface area contributed by atoms with E-state index in [1.165, 1.54) is 23.3 Å². The van der Waals surface area contributed by atoms with Gasteiger partial charge in [-0.25, -0.2) is 4.79 Å². The van der Waals surface area contributed by atoms with Crippen molar-refractivity contribution < 1.29 is 24.2 Å². The van der Waals surface area contributed by atoms with Gasteiger partial charge in [0.15, 0.2) is 0 Å².